The molecule has 128 valence electrons. The molecule has 2 aromatic carbocycles. The standard InChI is InChI=1S/C18H14N6OS/c25-17(10-15-11-26-18(21-15)13-4-2-1-3-5-13)20-14-6-8-16(9-7-14)24-12-19-22-23-24/h1-9,11-12H,10H2,(H,20,25). The van der Waals surface area contributed by atoms with E-state index in [1.165, 1.54) is 17.7 Å². The van der Waals surface area contributed by atoms with E-state index < -0.39 is 0 Å². The summed E-state index contributed by atoms with van der Waals surface area (Å²) in [5, 5.41) is 16.7. The summed E-state index contributed by atoms with van der Waals surface area (Å²) in [6.07, 6.45) is 1.75. The van der Waals surface area contributed by atoms with E-state index in [1.54, 1.807) is 4.68 Å². The molecule has 0 saturated carbocycles. The molecule has 0 fully saturated rings. The van der Waals surface area contributed by atoms with Crippen LogP contribution in [0.2, 0.25) is 0 Å². The van der Waals surface area contributed by atoms with E-state index >= 15 is 0 Å². The molecule has 0 aliphatic rings. The van der Waals surface area contributed by atoms with E-state index in [0.717, 1.165) is 22.0 Å². The summed E-state index contributed by atoms with van der Waals surface area (Å²) >= 11 is 1.54. The third kappa shape index (κ3) is 3.65. The minimum absolute atomic E-state index is 0.106. The number of nitrogens with one attached hydrogen (secondary N) is 1. The molecule has 4 aromatic rings. The fraction of sp³-hybridized carbons (Fsp3) is 0.0556. The molecule has 0 aliphatic carbocycles. The highest BCUT2D eigenvalue weighted by Gasteiger charge is 2.09. The zero-order chi connectivity index (χ0) is 17.8. The van der Waals surface area contributed by atoms with E-state index in [0.29, 0.717) is 5.69 Å². The molecule has 0 bridgehead atoms. The second-order valence-electron chi connectivity index (χ2n) is 5.54. The zero-order valence-electron chi connectivity index (χ0n) is 13.6. The Balaban J connectivity index is 1.39. The molecule has 7 nitrogen and oxygen atoms in total. The number of benzene rings is 2. The van der Waals surface area contributed by atoms with Crippen LogP contribution in [0.5, 0.6) is 0 Å². The molecule has 4 rings (SSSR count). The van der Waals surface area contributed by atoms with Crippen molar-refractivity contribution in [3.8, 4) is 16.3 Å². The maximum absolute atomic E-state index is 12.3. The van der Waals surface area contributed by atoms with E-state index in [4.69, 9.17) is 0 Å². The van der Waals surface area contributed by atoms with Crippen molar-refractivity contribution >= 4 is 22.9 Å². The van der Waals surface area contributed by atoms with Gasteiger partial charge in [0.15, 0.2) is 0 Å². The Labute approximate surface area is 153 Å². The lowest BCUT2D eigenvalue weighted by atomic mass is 10.2. The van der Waals surface area contributed by atoms with Gasteiger partial charge in [-0.2, -0.15) is 0 Å². The van der Waals surface area contributed by atoms with Crippen LogP contribution >= 0.6 is 11.3 Å². The number of thiazole rings is 1. The van der Waals surface area contributed by atoms with Gasteiger partial charge in [0.05, 0.1) is 17.8 Å². The number of rotatable bonds is 5. The van der Waals surface area contributed by atoms with Crippen molar-refractivity contribution in [3.05, 3.63) is 72.0 Å². The van der Waals surface area contributed by atoms with Gasteiger partial charge in [0, 0.05) is 16.6 Å². The Morgan fingerprint density at radius 2 is 1.88 bits per heavy atom. The molecule has 26 heavy (non-hydrogen) atoms. The normalized spacial score (nSPS) is 10.6. The number of anilines is 1. The first-order chi connectivity index (χ1) is 12.8. The quantitative estimate of drug-likeness (QED) is 0.590. The fourth-order valence-corrected chi connectivity index (χ4v) is 3.27. The fourth-order valence-electron chi connectivity index (χ4n) is 2.45. The van der Waals surface area contributed by atoms with Crippen molar-refractivity contribution in [2.24, 2.45) is 0 Å². The summed E-state index contributed by atoms with van der Waals surface area (Å²) in [6.45, 7) is 0. The van der Waals surface area contributed by atoms with Crippen LogP contribution in [-0.4, -0.2) is 31.1 Å². The van der Waals surface area contributed by atoms with Crippen LogP contribution in [0.3, 0.4) is 0 Å². The molecule has 2 heterocycles. The number of hydrogen-bond donors (Lipinski definition) is 1. The van der Waals surface area contributed by atoms with Gasteiger partial charge >= 0.3 is 0 Å². The second-order valence-corrected chi connectivity index (χ2v) is 6.39. The first-order valence-corrected chi connectivity index (χ1v) is 8.79. The summed E-state index contributed by atoms with van der Waals surface area (Å²) in [6, 6.07) is 17.2. The summed E-state index contributed by atoms with van der Waals surface area (Å²) in [4.78, 5) is 16.8. The van der Waals surface area contributed by atoms with Crippen LogP contribution in [-0.2, 0) is 11.2 Å². The molecule has 0 spiro atoms. The van der Waals surface area contributed by atoms with Crippen LogP contribution in [0.1, 0.15) is 5.69 Å². The van der Waals surface area contributed by atoms with Gasteiger partial charge in [-0.25, -0.2) is 9.67 Å². The molecule has 1 N–H and O–H groups in total. The number of aromatic nitrogens is 5. The smallest absolute Gasteiger partial charge is 0.230 e. The van der Waals surface area contributed by atoms with Crippen molar-refractivity contribution < 1.29 is 4.79 Å². The van der Waals surface area contributed by atoms with E-state index in [1.807, 2.05) is 60.0 Å². The number of hydrogen-bond acceptors (Lipinski definition) is 6. The monoisotopic (exact) mass is 362 g/mol. The van der Waals surface area contributed by atoms with Gasteiger partial charge < -0.3 is 5.32 Å². The van der Waals surface area contributed by atoms with Crippen LogP contribution in [0.4, 0.5) is 5.69 Å². The molecule has 0 radical (unpaired) electrons. The largest absolute Gasteiger partial charge is 0.326 e. The summed E-state index contributed by atoms with van der Waals surface area (Å²) < 4.78 is 1.55. The number of amides is 1. The topological polar surface area (TPSA) is 85.6 Å². The maximum Gasteiger partial charge on any atom is 0.230 e. The van der Waals surface area contributed by atoms with Gasteiger partial charge in [-0.15, -0.1) is 16.4 Å². The van der Waals surface area contributed by atoms with Gasteiger partial charge in [-0.05, 0) is 34.7 Å². The van der Waals surface area contributed by atoms with Crippen molar-refractivity contribution in [3.63, 3.8) is 0 Å². The van der Waals surface area contributed by atoms with Crippen molar-refractivity contribution in [1.29, 1.82) is 0 Å². The molecule has 8 heteroatoms. The Bertz CT molecular complexity index is 996. The minimum Gasteiger partial charge on any atom is -0.326 e. The van der Waals surface area contributed by atoms with Crippen LogP contribution in [0.25, 0.3) is 16.3 Å². The highest BCUT2D eigenvalue weighted by atomic mass is 32.1. The molecule has 0 atom stereocenters. The Morgan fingerprint density at radius 1 is 1.08 bits per heavy atom. The summed E-state index contributed by atoms with van der Waals surface area (Å²) in [5.74, 6) is -0.106. The van der Waals surface area contributed by atoms with Crippen LogP contribution in [0.15, 0.2) is 66.3 Å². The van der Waals surface area contributed by atoms with Gasteiger partial charge in [0.25, 0.3) is 0 Å². The van der Waals surface area contributed by atoms with E-state index in [-0.39, 0.29) is 12.3 Å². The van der Waals surface area contributed by atoms with Crippen LogP contribution in [0, 0.1) is 0 Å². The highest BCUT2D eigenvalue weighted by molar-refractivity contribution is 7.13. The Hall–Kier alpha value is -3.39. The number of carbonyl (C=O) groups is 1. The van der Waals surface area contributed by atoms with Gasteiger partial charge in [-0.1, -0.05) is 30.3 Å². The molecular weight excluding hydrogens is 348 g/mol. The lowest BCUT2D eigenvalue weighted by Gasteiger charge is -2.05. The average molecular weight is 362 g/mol. The predicted molar refractivity (Wildman–Crippen MR) is 99.0 cm³/mol. The number of carbonyl (C=O) groups excluding carboxylic acids is 1. The Morgan fingerprint density at radius 3 is 2.62 bits per heavy atom. The van der Waals surface area contributed by atoms with Crippen molar-refractivity contribution in [2.75, 3.05) is 5.32 Å². The summed E-state index contributed by atoms with van der Waals surface area (Å²) in [5.41, 5.74) is 3.35. The molecule has 2 aromatic heterocycles. The third-order valence-electron chi connectivity index (χ3n) is 3.68. The second kappa shape index (κ2) is 7.24. The van der Waals surface area contributed by atoms with Crippen LogP contribution < -0.4 is 5.32 Å². The van der Waals surface area contributed by atoms with Gasteiger partial charge in [0.1, 0.15) is 11.3 Å². The molecule has 0 unspecified atom stereocenters. The zero-order valence-corrected chi connectivity index (χ0v) is 14.4. The average Bonchev–Trinajstić information content (AvgIpc) is 3.35. The predicted octanol–water partition coefficient (Wildman–Crippen LogP) is 2.97. The van der Waals surface area contributed by atoms with Crippen molar-refractivity contribution in [2.45, 2.75) is 6.42 Å². The number of nitrogens with zero attached hydrogens (tertiary/aromatic N) is 5. The molecule has 1 amide bonds. The van der Waals surface area contributed by atoms with Crippen molar-refractivity contribution in [1.82, 2.24) is 25.2 Å². The summed E-state index contributed by atoms with van der Waals surface area (Å²) in [7, 11) is 0. The molecular formula is C18H14N6OS. The lowest BCUT2D eigenvalue weighted by Crippen LogP contribution is -2.14. The van der Waals surface area contributed by atoms with Gasteiger partial charge in [-0.3, -0.25) is 4.79 Å². The van der Waals surface area contributed by atoms with E-state index in [2.05, 4.69) is 25.8 Å². The first kappa shape index (κ1) is 16.1. The minimum atomic E-state index is -0.106. The third-order valence-corrected chi connectivity index (χ3v) is 4.62. The Kier molecular flexibility index (Phi) is 4.48. The number of tetrazole rings is 1. The lowest BCUT2D eigenvalue weighted by molar-refractivity contribution is -0.115. The molecule has 0 aliphatic heterocycles. The SMILES string of the molecule is O=C(Cc1csc(-c2ccccc2)n1)Nc1ccc(-n2cnnn2)cc1. The first-order valence-electron chi connectivity index (χ1n) is 7.91. The van der Waals surface area contributed by atoms with E-state index in [9.17, 15) is 4.79 Å². The van der Waals surface area contributed by atoms with Gasteiger partial charge in [0.2, 0.25) is 5.91 Å². The highest BCUT2D eigenvalue weighted by Crippen LogP contribution is 2.23. The molecule has 0 saturated heterocycles. The maximum atomic E-state index is 12.3.